The van der Waals surface area contributed by atoms with Gasteiger partial charge in [0.15, 0.2) is 0 Å². The molecule has 0 amide bonds. The van der Waals surface area contributed by atoms with Crippen LogP contribution in [0.4, 0.5) is 5.69 Å². The summed E-state index contributed by atoms with van der Waals surface area (Å²) in [7, 11) is 0. The molecule has 0 aliphatic heterocycles. The highest BCUT2D eigenvalue weighted by Gasteiger charge is 2.22. The lowest BCUT2D eigenvalue weighted by atomic mass is 10.1. The predicted octanol–water partition coefficient (Wildman–Crippen LogP) is 3.91. The predicted molar refractivity (Wildman–Crippen MR) is 80.5 cm³/mol. The Morgan fingerprint density at radius 1 is 1.48 bits per heavy atom. The maximum atomic E-state index is 11.2. The fourth-order valence-corrected chi connectivity index (χ4v) is 2.44. The van der Waals surface area contributed by atoms with E-state index < -0.39 is 11.0 Å². The summed E-state index contributed by atoms with van der Waals surface area (Å²) in [5.41, 5.74) is 0.899. The zero-order valence-corrected chi connectivity index (χ0v) is 13.0. The molecule has 1 aromatic carbocycles. The Kier molecular flexibility index (Phi) is 4.54. The molecular weight excluding hydrogens is 340 g/mol. The summed E-state index contributed by atoms with van der Waals surface area (Å²) in [6, 6.07) is 6.41. The molecule has 7 heteroatoms. The number of hydrogen-bond acceptors (Lipinski definition) is 5. The van der Waals surface area contributed by atoms with Crippen LogP contribution in [0.2, 0.25) is 0 Å². The molecule has 0 unspecified atom stereocenters. The molecular formula is C14H13BrN2O4. The van der Waals surface area contributed by atoms with Crippen LogP contribution in [-0.4, -0.2) is 15.0 Å². The van der Waals surface area contributed by atoms with Crippen molar-refractivity contribution in [3.8, 4) is 11.6 Å². The molecule has 1 N–H and O–H groups in total. The Labute approximate surface area is 129 Å². The molecule has 21 heavy (non-hydrogen) atoms. The van der Waals surface area contributed by atoms with Crippen LogP contribution in [0.3, 0.4) is 0 Å². The van der Waals surface area contributed by atoms with Crippen molar-refractivity contribution < 1.29 is 14.8 Å². The Balaban J connectivity index is 2.52. The number of aliphatic hydroxyl groups excluding tert-OH is 1. The second kappa shape index (κ2) is 6.19. The van der Waals surface area contributed by atoms with E-state index in [1.54, 1.807) is 32.0 Å². The summed E-state index contributed by atoms with van der Waals surface area (Å²) in [6.07, 6.45) is 0.713. The van der Waals surface area contributed by atoms with Gasteiger partial charge >= 0.3 is 5.69 Å². The van der Waals surface area contributed by atoms with Gasteiger partial charge < -0.3 is 9.84 Å². The first-order chi connectivity index (χ1) is 9.90. The highest BCUT2D eigenvalue weighted by Crippen LogP contribution is 2.38. The van der Waals surface area contributed by atoms with Crippen molar-refractivity contribution in [2.75, 3.05) is 0 Å². The van der Waals surface area contributed by atoms with E-state index >= 15 is 0 Å². The number of benzene rings is 1. The molecule has 0 aliphatic rings. The molecule has 0 radical (unpaired) electrons. The first-order valence-corrected chi connectivity index (χ1v) is 6.95. The van der Waals surface area contributed by atoms with Crippen LogP contribution in [0.5, 0.6) is 11.6 Å². The van der Waals surface area contributed by atoms with Gasteiger partial charge in [0.05, 0.1) is 11.0 Å². The van der Waals surface area contributed by atoms with Crippen molar-refractivity contribution in [1.82, 2.24) is 4.98 Å². The number of aliphatic hydroxyl groups is 1. The van der Waals surface area contributed by atoms with Gasteiger partial charge in [0, 0.05) is 27.9 Å². The van der Waals surface area contributed by atoms with E-state index in [1.165, 1.54) is 12.3 Å². The van der Waals surface area contributed by atoms with Crippen LogP contribution in [0.15, 0.2) is 34.9 Å². The number of halogens is 1. The SMILES string of the molecule is Cc1cc(Br)cc([N+](=O)[O-])c1Oc1ncccc1[C@@H](C)O. The second-order valence-corrected chi connectivity index (χ2v) is 5.42. The topological polar surface area (TPSA) is 85.5 Å². The molecule has 6 nitrogen and oxygen atoms in total. The minimum atomic E-state index is -0.788. The molecule has 0 bridgehead atoms. The Morgan fingerprint density at radius 3 is 2.81 bits per heavy atom. The molecule has 2 aromatic rings. The zero-order valence-electron chi connectivity index (χ0n) is 11.4. The number of aryl methyl sites for hydroxylation is 1. The van der Waals surface area contributed by atoms with Gasteiger partial charge in [-0.25, -0.2) is 4.98 Å². The lowest BCUT2D eigenvalue weighted by molar-refractivity contribution is -0.385. The van der Waals surface area contributed by atoms with Gasteiger partial charge in [-0.1, -0.05) is 15.9 Å². The Morgan fingerprint density at radius 2 is 2.19 bits per heavy atom. The van der Waals surface area contributed by atoms with Crippen molar-refractivity contribution >= 4 is 21.6 Å². The van der Waals surface area contributed by atoms with Gasteiger partial charge in [0.1, 0.15) is 0 Å². The van der Waals surface area contributed by atoms with Gasteiger partial charge in [0.25, 0.3) is 0 Å². The first kappa shape index (κ1) is 15.4. The number of nitro benzene ring substituents is 1. The Bertz CT molecular complexity index is 689. The van der Waals surface area contributed by atoms with Crippen LogP contribution < -0.4 is 4.74 Å². The van der Waals surface area contributed by atoms with Gasteiger partial charge in [-0.05, 0) is 32.0 Å². The quantitative estimate of drug-likeness (QED) is 0.665. The standard InChI is InChI=1S/C14H13BrN2O4/c1-8-6-10(15)7-12(17(19)20)13(8)21-14-11(9(2)18)4-3-5-16-14/h3-7,9,18H,1-2H3/t9-/m1/s1. The highest BCUT2D eigenvalue weighted by atomic mass is 79.9. The molecule has 0 spiro atoms. The second-order valence-electron chi connectivity index (χ2n) is 4.50. The minimum absolute atomic E-state index is 0.115. The van der Waals surface area contributed by atoms with E-state index in [4.69, 9.17) is 4.74 Å². The third-order valence-electron chi connectivity index (χ3n) is 2.87. The summed E-state index contributed by atoms with van der Waals surface area (Å²) in [4.78, 5) is 14.7. The average molecular weight is 353 g/mol. The molecule has 1 heterocycles. The normalized spacial score (nSPS) is 12.0. The maximum absolute atomic E-state index is 11.2. The van der Waals surface area contributed by atoms with E-state index in [2.05, 4.69) is 20.9 Å². The molecule has 1 aromatic heterocycles. The fourth-order valence-electron chi connectivity index (χ4n) is 1.88. The van der Waals surface area contributed by atoms with Crippen molar-refractivity contribution in [1.29, 1.82) is 0 Å². The number of pyridine rings is 1. The lowest BCUT2D eigenvalue weighted by Crippen LogP contribution is -2.01. The number of hydrogen-bond donors (Lipinski definition) is 1. The van der Waals surface area contributed by atoms with E-state index in [0.717, 1.165) is 0 Å². The largest absolute Gasteiger partial charge is 0.431 e. The summed E-state index contributed by atoms with van der Waals surface area (Å²) in [6.45, 7) is 3.28. The van der Waals surface area contributed by atoms with Crippen molar-refractivity contribution in [2.24, 2.45) is 0 Å². The van der Waals surface area contributed by atoms with E-state index in [1.807, 2.05) is 0 Å². The average Bonchev–Trinajstić information content (AvgIpc) is 2.41. The molecule has 0 aliphatic carbocycles. The third-order valence-corrected chi connectivity index (χ3v) is 3.32. The monoisotopic (exact) mass is 352 g/mol. The maximum Gasteiger partial charge on any atom is 0.313 e. The molecule has 0 saturated carbocycles. The van der Waals surface area contributed by atoms with Crippen molar-refractivity contribution in [3.63, 3.8) is 0 Å². The van der Waals surface area contributed by atoms with Crippen LogP contribution in [0, 0.1) is 17.0 Å². The van der Waals surface area contributed by atoms with Gasteiger partial charge in [-0.3, -0.25) is 10.1 Å². The third kappa shape index (κ3) is 3.37. The first-order valence-electron chi connectivity index (χ1n) is 6.15. The number of nitro groups is 1. The summed E-state index contributed by atoms with van der Waals surface area (Å²) in [5.74, 6) is 0.268. The fraction of sp³-hybridized carbons (Fsp3) is 0.214. The van der Waals surface area contributed by atoms with Crippen LogP contribution >= 0.6 is 15.9 Å². The van der Waals surface area contributed by atoms with Crippen molar-refractivity contribution in [3.05, 3.63) is 56.2 Å². The molecule has 2 rings (SSSR count). The minimum Gasteiger partial charge on any atom is -0.431 e. The van der Waals surface area contributed by atoms with E-state index in [9.17, 15) is 15.2 Å². The van der Waals surface area contributed by atoms with E-state index in [-0.39, 0.29) is 17.3 Å². The number of ether oxygens (including phenoxy) is 1. The number of aromatic nitrogens is 1. The zero-order chi connectivity index (χ0) is 15.6. The molecule has 1 atom stereocenters. The van der Waals surface area contributed by atoms with Gasteiger partial charge in [-0.15, -0.1) is 0 Å². The summed E-state index contributed by atoms with van der Waals surface area (Å²) < 4.78 is 6.21. The number of nitrogens with zero attached hydrogens (tertiary/aromatic N) is 2. The Hall–Kier alpha value is -1.99. The number of rotatable bonds is 4. The van der Waals surface area contributed by atoms with E-state index in [0.29, 0.717) is 15.6 Å². The van der Waals surface area contributed by atoms with Gasteiger partial charge in [0.2, 0.25) is 11.6 Å². The highest BCUT2D eigenvalue weighted by molar-refractivity contribution is 9.10. The van der Waals surface area contributed by atoms with Gasteiger partial charge in [-0.2, -0.15) is 0 Å². The molecule has 0 fully saturated rings. The van der Waals surface area contributed by atoms with Crippen LogP contribution in [-0.2, 0) is 0 Å². The van der Waals surface area contributed by atoms with Crippen molar-refractivity contribution in [2.45, 2.75) is 20.0 Å². The van der Waals surface area contributed by atoms with Crippen LogP contribution in [0.25, 0.3) is 0 Å². The summed E-state index contributed by atoms with van der Waals surface area (Å²) >= 11 is 3.22. The lowest BCUT2D eigenvalue weighted by Gasteiger charge is -2.13. The van der Waals surface area contributed by atoms with Crippen LogP contribution in [0.1, 0.15) is 24.2 Å². The molecule has 0 saturated heterocycles. The smallest absolute Gasteiger partial charge is 0.313 e. The summed E-state index contributed by atoms with van der Waals surface area (Å²) in [5, 5.41) is 20.9. The molecule has 110 valence electrons.